The second-order valence-corrected chi connectivity index (χ2v) is 5.91. The van der Waals surface area contributed by atoms with E-state index in [0.717, 1.165) is 11.1 Å². The average molecular weight is 379 g/mol. The van der Waals surface area contributed by atoms with Gasteiger partial charge in [-0.1, -0.05) is 35.9 Å². The number of halogens is 1. The molecule has 0 heterocycles. The number of rotatable bonds is 8. The smallest absolute Gasteiger partial charge is 0.315 e. The summed E-state index contributed by atoms with van der Waals surface area (Å²) in [5.74, 6) is 1.26. The van der Waals surface area contributed by atoms with Gasteiger partial charge in [0.2, 0.25) is 0 Å². The van der Waals surface area contributed by atoms with Crippen molar-refractivity contribution in [3.8, 4) is 11.5 Å². The van der Waals surface area contributed by atoms with Gasteiger partial charge in [0.1, 0.15) is 6.10 Å². The van der Waals surface area contributed by atoms with Crippen LogP contribution in [0.15, 0.2) is 42.5 Å². The molecular formula is C19H23ClN2O4. The van der Waals surface area contributed by atoms with Crippen molar-refractivity contribution in [2.24, 2.45) is 0 Å². The summed E-state index contributed by atoms with van der Waals surface area (Å²) in [6.45, 7) is 0.661. The number of urea groups is 1. The van der Waals surface area contributed by atoms with Crippen LogP contribution in [-0.2, 0) is 11.3 Å². The second-order valence-electron chi connectivity index (χ2n) is 5.50. The first-order valence-corrected chi connectivity index (χ1v) is 8.46. The van der Waals surface area contributed by atoms with Crippen LogP contribution in [0.25, 0.3) is 0 Å². The summed E-state index contributed by atoms with van der Waals surface area (Å²) in [6.07, 6.45) is -0.324. The largest absolute Gasteiger partial charge is 0.493 e. The van der Waals surface area contributed by atoms with Gasteiger partial charge in [-0.2, -0.15) is 0 Å². The fourth-order valence-electron chi connectivity index (χ4n) is 2.48. The zero-order valence-electron chi connectivity index (χ0n) is 15.0. The molecule has 0 aromatic heterocycles. The van der Waals surface area contributed by atoms with Crippen molar-refractivity contribution >= 4 is 17.6 Å². The van der Waals surface area contributed by atoms with E-state index in [1.807, 2.05) is 30.3 Å². The lowest BCUT2D eigenvalue weighted by Crippen LogP contribution is -2.37. The van der Waals surface area contributed by atoms with Crippen molar-refractivity contribution in [3.05, 3.63) is 58.6 Å². The maximum Gasteiger partial charge on any atom is 0.315 e. The Balaban J connectivity index is 1.88. The number of amides is 2. The molecule has 0 fully saturated rings. The number of nitrogens with one attached hydrogen (secondary N) is 2. The van der Waals surface area contributed by atoms with Crippen LogP contribution in [0.2, 0.25) is 5.02 Å². The van der Waals surface area contributed by atoms with Crippen LogP contribution in [-0.4, -0.2) is 33.9 Å². The zero-order valence-corrected chi connectivity index (χ0v) is 15.8. The van der Waals surface area contributed by atoms with Crippen LogP contribution < -0.4 is 20.1 Å². The minimum atomic E-state index is -0.324. The van der Waals surface area contributed by atoms with Gasteiger partial charge in [-0.15, -0.1) is 0 Å². The van der Waals surface area contributed by atoms with Crippen molar-refractivity contribution in [1.29, 1.82) is 0 Å². The van der Waals surface area contributed by atoms with E-state index >= 15 is 0 Å². The molecule has 2 amide bonds. The summed E-state index contributed by atoms with van der Waals surface area (Å²) < 4.78 is 15.9. The molecule has 0 unspecified atom stereocenters. The Bertz CT molecular complexity index is 739. The van der Waals surface area contributed by atoms with Crippen molar-refractivity contribution in [2.45, 2.75) is 12.6 Å². The molecule has 2 rings (SSSR count). The van der Waals surface area contributed by atoms with Gasteiger partial charge in [-0.25, -0.2) is 4.79 Å². The van der Waals surface area contributed by atoms with E-state index in [0.29, 0.717) is 29.6 Å². The predicted molar refractivity (Wildman–Crippen MR) is 101 cm³/mol. The van der Waals surface area contributed by atoms with E-state index in [4.69, 9.17) is 25.8 Å². The lowest BCUT2D eigenvalue weighted by molar-refractivity contribution is 0.104. The highest BCUT2D eigenvalue weighted by Gasteiger charge is 2.15. The minimum Gasteiger partial charge on any atom is -0.493 e. The summed E-state index contributed by atoms with van der Waals surface area (Å²) >= 11 is 6.18. The molecule has 0 saturated carbocycles. The molecule has 0 aliphatic rings. The van der Waals surface area contributed by atoms with Gasteiger partial charge in [-0.3, -0.25) is 0 Å². The Morgan fingerprint density at radius 1 is 1.04 bits per heavy atom. The Labute approximate surface area is 158 Å². The first-order chi connectivity index (χ1) is 12.6. The fourth-order valence-corrected chi connectivity index (χ4v) is 2.73. The molecule has 0 aliphatic carbocycles. The van der Waals surface area contributed by atoms with Gasteiger partial charge in [0.05, 0.1) is 14.2 Å². The van der Waals surface area contributed by atoms with Crippen molar-refractivity contribution < 1.29 is 19.0 Å². The van der Waals surface area contributed by atoms with Gasteiger partial charge in [0.15, 0.2) is 11.5 Å². The van der Waals surface area contributed by atoms with Gasteiger partial charge < -0.3 is 24.8 Å². The van der Waals surface area contributed by atoms with E-state index in [-0.39, 0.29) is 12.1 Å². The van der Waals surface area contributed by atoms with Crippen LogP contribution in [0.3, 0.4) is 0 Å². The highest BCUT2D eigenvalue weighted by molar-refractivity contribution is 6.31. The molecule has 2 aromatic carbocycles. The quantitative estimate of drug-likeness (QED) is 0.737. The summed E-state index contributed by atoms with van der Waals surface area (Å²) in [5, 5.41) is 6.19. The molecule has 7 heteroatoms. The van der Waals surface area contributed by atoms with Crippen LogP contribution in [0, 0.1) is 0 Å². The first-order valence-electron chi connectivity index (χ1n) is 8.08. The zero-order chi connectivity index (χ0) is 18.9. The monoisotopic (exact) mass is 378 g/mol. The molecule has 140 valence electrons. The fraction of sp³-hybridized carbons (Fsp3) is 0.316. The van der Waals surface area contributed by atoms with Gasteiger partial charge in [0, 0.05) is 30.8 Å². The normalized spacial score (nSPS) is 11.5. The van der Waals surface area contributed by atoms with Crippen LogP contribution in [0.4, 0.5) is 4.79 Å². The predicted octanol–water partition coefficient (Wildman–Crippen LogP) is 3.54. The number of ether oxygens (including phenoxy) is 3. The molecule has 2 aromatic rings. The molecule has 6 nitrogen and oxygen atoms in total. The first kappa shape index (κ1) is 19.9. The second kappa shape index (κ2) is 9.89. The Hall–Kier alpha value is -2.44. The molecular weight excluding hydrogens is 356 g/mol. The number of benzene rings is 2. The Morgan fingerprint density at radius 3 is 2.42 bits per heavy atom. The van der Waals surface area contributed by atoms with Crippen LogP contribution in [0.5, 0.6) is 11.5 Å². The molecule has 0 aliphatic heterocycles. The molecule has 0 spiro atoms. The topological polar surface area (TPSA) is 68.8 Å². The summed E-state index contributed by atoms with van der Waals surface area (Å²) in [7, 11) is 4.73. The van der Waals surface area contributed by atoms with Crippen molar-refractivity contribution in [2.75, 3.05) is 27.9 Å². The lowest BCUT2D eigenvalue weighted by atomic mass is 10.1. The van der Waals surface area contributed by atoms with E-state index < -0.39 is 0 Å². The molecule has 1 atom stereocenters. The third-order valence-electron chi connectivity index (χ3n) is 3.89. The maximum absolute atomic E-state index is 12.1. The van der Waals surface area contributed by atoms with E-state index in [1.54, 1.807) is 33.5 Å². The van der Waals surface area contributed by atoms with Gasteiger partial charge >= 0.3 is 6.03 Å². The van der Waals surface area contributed by atoms with E-state index in [2.05, 4.69) is 10.6 Å². The van der Waals surface area contributed by atoms with Crippen LogP contribution in [0.1, 0.15) is 17.2 Å². The number of hydrogen-bond acceptors (Lipinski definition) is 4. The van der Waals surface area contributed by atoms with Gasteiger partial charge in [-0.05, 0) is 23.8 Å². The van der Waals surface area contributed by atoms with Gasteiger partial charge in [0.25, 0.3) is 0 Å². The van der Waals surface area contributed by atoms with Crippen LogP contribution >= 0.6 is 11.6 Å². The highest BCUT2D eigenvalue weighted by atomic mass is 35.5. The number of methoxy groups -OCH3 is 3. The summed E-state index contributed by atoms with van der Waals surface area (Å²) in [4.78, 5) is 12.1. The number of carbonyl (C=O) groups is 1. The third-order valence-corrected chi connectivity index (χ3v) is 4.23. The average Bonchev–Trinajstić information content (AvgIpc) is 2.67. The Morgan fingerprint density at radius 2 is 1.77 bits per heavy atom. The minimum absolute atomic E-state index is 0.297. The molecule has 0 radical (unpaired) electrons. The Kier molecular flexibility index (Phi) is 7.56. The van der Waals surface area contributed by atoms with E-state index in [9.17, 15) is 4.79 Å². The van der Waals surface area contributed by atoms with Crippen molar-refractivity contribution in [1.82, 2.24) is 10.6 Å². The molecule has 2 N–H and O–H groups in total. The standard InChI is InChI=1S/C19H23ClN2O4/c1-24-16-9-8-13(10-17(16)25-2)11-21-19(23)22-12-18(26-3)14-6-4-5-7-15(14)20/h4-10,18H,11-12H2,1-3H3,(H2,21,22,23)/t18-/m1/s1. The molecule has 0 saturated heterocycles. The molecule has 26 heavy (non-hydrogen) atoms. The summed E-state index contributed by atoms with van der Waals surface area (Å²) in [5.41, 5.74) is 1.73. The lowest BCUT2D eigenvalue weighted by Gasteiger charge is -2.18. The van der Waals surface area contributed by atoms with Crippen molar-refractivity contribution in [3.63, 3.8) is 0 Å². The maximum atomic E-state index is 12.1. The molecule has 0 bridgehead atoms. The highest BCUT2D eigenvalue weighted by Crippen LogP contribution is 2.27. The SMILES string of the molecule is COc1ccc(CNC(=O)NC[C@@H](OC)c2ccccc2Cl)cc1OC. The number of carbonyl (C=O) groups excluding carboxylic acids is 1. The van der Waals surface area contributed by atoms with E-state index in [1.165, 1.54) is 0 Å². The third kappa shape index (κ3) is 5.28. The number of hydrogen-bond donors (Lipinski definition) is 2. The summed E-state index contributed by atoms with van der Waals surface area (Å²) in [6, 6.07) is 12.6.